The molecule has 4 aromatic heterocycles. The number of rotatable bonds is 5. The number of nitrogens with zero attached hydrogens (tertiary/aromatic N) is 4. The predicted molar refractivity (Wildman–Crippen MR) is 230 cm³/mol. The van der Waals surface area contributed by atoms with Gasteiger partial charge in [0.1, 0.15) is 22.3 Å². The van der Waals surface area contributed by atoms with Crippen LogP contribution in [0.3, 0.4) is 0 Å². The summed E-state index contributed by atoms with van der Waals surface area (Å²) in [6, 6.07) is 62.8. The Hall–Kier alpha value is -7.83. The highest BCUT2D eigenvalue weighted by Crippen LogP contribution is 2.39. The van der Waals surface area contributed by atoms with Crippen LogP contribution in [0.15, 0.2) is 191 Å². The first-order chi connectivity index (χ1) is 28.2. The van der Waals surface area contributed by atoms with E-state index in [9.17, 15) is 0 Å². The number of furan rings is 2. The Labute approximate surface area is 325 Å². The van der Waals surface area contributed by atoms with Gasteiger partial charge in [-0.3, -0.25) is 4.57 Å². The molecular weight excluding hydrogens is 701 g/mol. The smallest absolute Gasteiger partial charge is 0.238 e. The number of hydrogen-bond acceptors (Lipinski definition) is 5. The van der Waals surface area contributed by atoms with Gasteiger partial charge in [0.25, 0.3) is 0 Å². The van der Waals surface area contributed by atoms with Crippen LogP contribution >= 0.6 is 0 Å². The molecule has 0 saturated carbocycles. The number of aromatic nitrogens is 4. The largest absolute Gasteiger partial charge is 0.456 e. The van der Waals surface area contributed by atoms with Crippen molar-refractivity contribution in [1.82, 2.24) is 19.5 Å². The summed E-state index contributed by atoms with van der Waals surface area (Å²) in [5, 5.41) is 6.55. The van der Waals surface area contributed by atoms with Crippen LogP contribution in [0, 0.1) is 0 Å². The Kier molecular flexibility index (Phi) is 6.83. The summed E-state index contributed by atoms with van der Waals surface area (Å²) in [6.07, 6.45) is 0. The lowest BCUT2D eigenvalue weighted by molar-refractivity contribution is 0.668. The number of benzene rings is 8. The monoisotopic (exact) mass is 730 g/mol. The molecule has 0 aliphatic heterocycles. The van der Waals surface area contributed by atoms with Gasteiger partial charge in [0, 0.05) is 43.4 Å². The maximum atomic E-state index is 6.39. The van der Waals surface area contributed by atoms with E-state index in [1.807, 2.05) is 60.7 Å². The van der Waals surface area contributed by atoms with Crippen LogP contribution in [0.4, 0.5) is 0 Å². The van der Waals surface area contributed by atoms with Crippen LogP contribution in [0.2, 0.25) is 0 Å². The average Bonchev–Trinajstić information content (AvgIpc) is 3.95. The number of hydrogen-bond donors (Lipinski definition) is 0. The van der Waals surface area contributed by atoms with Gasteiger partial charge in [-0.25, -0.2) is 4.98 Å². The van der Waals surface area contributed by atoms with Crippen molar-refractivity contribution in [2.75, 3.05) is 0 Å². The molecule has 0 saturated heterocycles. The molecule has 0 spiro atoms. The molecular formula is C51H30N4O2. The SMILES string of the molecule is c1ccc(-c2ccc3c(c2)oc2ccc(-c4ccc5c6ccccc6n(-c6nc(-c7ccccc7)nc(-c7ccc8c(c7)oc7ccccc78)n6)c5c4)cc23)cc1. The van der Waals surface area contributed by atoms with E-state index in [1.165, 1.54) is 0 Å². The molecule has 12 aromatic rings. The molecule has 0 fully saturated rings. The van der Waals surface area contributed by atoms with Crippen LogP contribution in [0.25, 0.3) is 117 Å². The Morgan fingerprint density at radius 1 is 0.298 bits per heavy atom. The van der Waals surface area contributed by atoms with Crippen molar-refractivity contribution >= 4 is 65.7 Å². The second-order valence-electron chi connectivity index (χ2n) is 14.4. The van der Waals surface area contributed by atoms with Crippen LogP contribution in [0.5, 0.6) is 0 Å². The van der Waals surface area contributed by atoms with Crippen LogP contribution in [-0.4, -0.2) is 19.5 Å². The van der Waals surface area contributed by atoms with Gasteiger partial charge in [-0.15, -0.1) is 0 Å². The molecule has 0 atom stereocenters. The molecule has 12 rings (SSSR count). The van der Waals surface area contributed by atoms with Gasteiger partial charge in [-0.1, -0.05) is 127 Å². The zero-order chi connectivity index (χ0) is 37.5. The van der Waals surface area contributed by atoms with Crippen molar-refractivity contribution in [3.05, 3.63) is 182 Å². The Bertz CT molecular complexity index is 3530. The minimum Gasteiger partial charge on any atom is -0.456 e. The quantitative estimate of drug-likeness (QED) is 0.176. The van der Waals surface area contributed by atoms with Gasteiger partial charge < -0.3 is 8.83 Å². The van der Waals surface area contributed by atoms with E-state index in [1.54, 1.807) is 0 Å². The van der Waals surface area contributed by atoms with E-state index < -0.39 is 0 Å². The van der Waals surface area contributed by atoms with Gasteiger partial charge in [-0.05, 0) is 76.9 Å². The van der Waals surface area contributed by atoms with E-state index >= 15 is 0 Å². The average molecular weight is 731 g/mol. The Balaban J connectivity index is 1.04. The molecule has 0 N–H and O–H groups in total. The van der Waals surface area contributed by atoms with Gasteiger partial charge in [0.2, 0.25) is 5.95 Å². The zero-order valence-electron chi connectivity index (χ0n) is 30.4. The highest BCUT2D eigenvalue weighted by Gasteiger charge is 2.20. The van der Waals surface area contributed by atoms with Crippen molar-refractivity contribution in [3.8, 4) is 51.0 Å². The fourth-order valence-electron chi connectivity index (χ4n) is 8.31. The van der Waals surface area contributed by atoms with Crippen molar-refractivity contribution in [2.45, 2.75) is 0 Å². The molecule has 0 bridgehead atoms. The number of para-hydroxylation sites is 2. The molecule has 8 aromatic carbocycles. The molecule has 6 heteroatoms. The third kappa shape index (κ3) is 5.08. The summed E-state index contributed by atoms with van der Waals surface area (Å²) in [5.41, 5.74) is 11.6. The maximum Gasteiger partial charge on any atom is 0.238 e. The summed E-state index contributed by atoms with van der Waals surface area (Å²) in [5.74, 6) is 1.70. The summed E-state index contributed by atoms with van der Waals surface area (Å²) < 4.78 is 14.9. The predicted octanol–water partition coefficient (Wildman–Crippen LogP) is 13.4. The van der Waals surface area contributed by atoms with Crippen LogP contribution < -0.4 is 0 Å². The van der Waals surface area contributed by atoms with Crippen molar-refractivity contribution < 1.29 is 8.83 Å². The lowest BCUT2D eigenvalue weighted by Gasteiger charge is -2.11. The van der Waals surface area contributed by atoms with Gasteiger partial charge >= 0.3 is 0 Å². The van der Waals surface area contributed by atoms with Crippen LogP contribution in [-0.2, 0) is 0 Å². The first-order valence-corrected chi connectivity index (χ1v) is 19.0. The van der Waals surface area contributed by atoms with E-state index in [0.29, 0.717) is 17.6 Å². The topological polar surface area (TPSA) is 69.9 Å². The molecule has 0 amide bonds. The summed E-state index contributed by atoms with van der Waals surface area (Å²) >= 11 is 0. The van der Waals surface area contributed by atoms with Crippen LogP contribution in [0.1, 0.15) is 0 Å². The van der Waals surface area contributed by atoms with Gasteiger partial charge in [0.15, 0.2) is 11.6 Å². The first kappa shape index (κ1) is 31.5. The third-order valence-corrected chi connectivity index (χ3v) is 11.1. The third-order valence-electron chi connectivity index (χ3n) is 11.1. The zero-order valence-corrected chi connectivity index (χ0v) is 30.4. The molecule has 4 heterocycles. The summed E-state index contributed by atoms with van der Waals surface area (Å²) in [6.45, 7) is 0. The van der Waals surface area contributed by atoms with Gasteiger partial charge in [-0.2, -0.15) is 9.97 Å². The lowest BCUT2D eigenvalue weighted by Crippen LogP contribution is -2.06. The normalized spacial score (nSPS) is 11.9. The second-order valence-corrected chi connectivity index (χ2v) is 14.4. The molecule has 6 nitrogen and oxygen atoms in total. The fourth-order valence-corrected chi connectivity index (χ4v) is 8.31. The number of fused-ring (bicyclic) bond motifs is 9. The molecule has 0 radical (unpaired) electrons. The van der Waals surface area contributed by atoms with E-state index in [4.69, 9.17) is 23.8 Å². The minimum absolute atomic E-state index is 0.539. The van der Waals surface area contributed by atoms with E-state index in [2.05, 4.69) is 126 Å². The minimum atomic E-state index is 0.539. The van der Waals surface area contributed by atoms with Gasteiger partial charge in [0.05, 0.1) is 11.0 Å². The second kappa shape index (κ2) is 12.3. The fraction of sp³-hybridized carbons (Fsp3) is 0. The molecule has 0 aliphatic rings. The highest BCUT2D eigenvalue weighted by molar-refractivity contribution is 6.11. The van der Waals surface area contributed by atoms with E-state index in [0.717, 1.165) is 99.1 Å². The summed E-state index contributed by atoms with van der Waals surface area (Å²) in [7, 11) is 0. The van der Waals surface area contributed by atoms with Crippen molar-refractivity contribution in [1.29, 1.82) is 0 Å². The molecule has 266 valence electrons. The van der Waals surface area contributed by atoms with E-state index in [-0.39, 0.29) is 0 Å². The standard InChI is InChI=1S/C51H30N4O2/c1-3-11-31(12-4-1)35-20-24-41-42-27-33(22-26-46(42)57-47(41)29-35)34-19-23-38-37-15-7-9-17-43(37)55(44(38)28-34)51-53-49(32-13-5-2-6-14-32)52-50(54-51)36-21-25-40-39-16-8-10-18-45(39)56-48(40)30-36/h1-30H. The maximum absolute atomic E-state index is 6.39. The Morgan fingerprint density at radius 3 is 1.60 bits per heavy atom. The lowest BCUT2D eigenvalue weighted by atomic mass is 10.00. The molecule has 0 aliphatic carbocycles. The van der Waals surface area contributed by atoms with Crippen molar-refractivity contribution in [2.24, 2.45) is 0 Å². The summed E-state index contributed by atoms with van der Waals surface area (Å²) in [4.78, 5) is 15.4. The van der Waals surface area contributed by atoms with Crippen molar-refractivity contribution in [3.63, 3.8) is 0 Å². The molecule has 0 unspecified atom stereocenters. The Morgan fingerprint density at radius 2 is 0.807 bits per heavy atom. The first-order valence-electron chi connectivity index (χ1n) is 19.0. The highest BCUT2D eigenvalue weighted by atomic mass is 16.3. The molecule has 57 heavy (non-hydrogen) atoms.